The molecule has 0 fully saturated rings. The van der Waals surface area contributed by atoms with Gasteiger partial charge in [-0.05, 0) is 6.42 Å². The van der Waals surface area contributed by atoms with Crippen molar-refractivity contribution >= 4 is 27.6 Å². The van der Waals surface area contributed by atoms with Crippen molar-refractivity contribution in [2.24, 2.45) is 0 Å². The van der Waals surface area contributed by atoms with Gasteiger partial charge in [-0.25, -0.2) is 13.4 Å². The molecule has 0 atom stereocenters. The van der Waals surface area contributed by atoms with Crippen LogP contribution in [0.15, 0.2) is 6.07 Å². The first-order valence-corrected chi connectivity index (χ1v) is 7.30. The number of sulfonamides is 1. The lowest BCUT2D eigenvalue weighted by molar-refractivity contribution is -0.134. The second-order valence-electron chi connectivity index (χ2n) is 3.70. The minimum absolute atomic E-state index is 0.0259. The van der Waals surface area contributed by atoms with E-state index in [0.717, 1.165) is 0 Å². The van der Waals surface area contributed by atoms with Crippen LogP contribution in [0.4, 0.5) is 19.1 Å². The highest BCUT2D eigenvalue weighted by Crippen LogP contribution is 2.22. The van der Waals surface area contributed by atoms with Gasteiger partial charge in [-0.15, -0.1) is 0 Å². The standard InChI is InChI=1S/C9H11ClF3N3O3S/c1-19-7-5-6(10)14-8(15-7)16-20(17,18)4-2-3-9(11,12)13/h5H,2-4H2,1H3,(H,14,15,16). The maximum atomic E-state index is 11.9. The Labute approximate surface area is 118 Å². The van der Waals surface area contributed by atoms with E-state index in [1.807, 2.05) is 4.72 Å². The summed E-state index contributed by atoms with van der Waals surface area (Å²) in [4.78, 5) is 7.25. The van der Waals surface area contributed by atoms with Crippen molar-refractivity contribution in [1.82, 2.24) is 9.97 Å². The molecule has 0 aliphatic carbocycles. The van der Waals surface area contributed by atoms with Gasteiger partial charge in [0.2, 0.25) is 21.9 Å². The highest BCUT2D eigenvalue weighted by Gasteiger charge is 2.27. The number of nitrogens with one attached hydrogen (secondary N) is 1. The van der Waals surface area contributed by atoms with Crippen molar-refractivity contribution < 1.29 is 26.3 Å². The summed E-state index contributed by atoms with van der Waals surface area (Å²) in [7, 11) is -2.70. The molecule has 0 spiro atoms. The number of ether oxygens (including phenoxy) is 1. The van der Waals surface area contributed by atoms with Crippen LogP contribution in [-0.4, -0.2) is 37.4 Å². The lowest BCUT2D eigenvalue weighted by atomic mass is 10.3. The molecule has 0 aromatic carbocycles. The highest BCUT2D eigenvalue weighted by molar-refractivity contribution is 7.92. The summed E-state index contributed by atoms with van der Waals surface area (Å²) in [5, 5.41) is -0.0650. The summed E-state index contributed by atoms with van der Waals surface area (Å²) in [6.45, 7) is 0. The van der Waals surface area contributed by atoms with Gasteiger partial charge < -0.3 is 4.74 Å². The Balaban J connectivity index is 2.69. The SMILES string of the molecule is COc1cc(Cl)nc(NS(=O)(=O)CCCC(F)(F)F)n1. The predicted octanol–water partition coefficient (Wildman–Crippen LogP) is 2.22. The number of hydrogen-bond donors (Lipinski definition) is 1. The monoisotopic (exact) mass is 333 g/mol. The Morgan fingerprint density at radius 1 is 1.40 bits per heavy atom. The topological polar surface area (TPSA) is 81.2 Å². The summed E-state index contributed by atoms with van der Waals surface area (Å²) >= 11 is 5.61. The Kier molecular flexibility index (Phi) is 5.40. The number of anilines is 1. The molecule has 0 bridgehead atoms. The van der Waals surface area contributed by atoms with E-state index in [4.69, 9.17) is 16.3 Å². The molecule has 0 saturated carbocycles. The van der Waals surface area contributed by atoms with E-state index in [1.165, 1.54) is 13.2 Å². The van der Waals surface area contributed by atoms with Crippen LogP contribution in [-0.2, 0) is 10.0 Å². The number of nitrogens with zero attached hydrogens (tertiary/aromatic N) is 2. The number of alkyl halides is 3. The lowest BCUT2D eigenvalue weighted by Gasteiger charge is -2.09. The number of halogens is 4. The molecule has 1 rings (SSSR count). The molecule has 114 valence electrons. The third-order valence-corrected chi connectivity index (χ3v) is 3.51. The largest absolute Gasteiger partial charge is 0.481 e. The third-order valence-electron chi connectivity index (χ3n) is 2.00. The third kappa shape index (κ3) is 6.24. The van der Waals surface area contributed by atoms with E-state index in [9.17, 15) is 21.6 Å². The van der Waals surface area contributed by atoms with Crippen molar-refractivity contribution in [3.05, 3.63) is 11.2 Å². The molecule has 1 aromatic rings. The van der Waals surface area contributed by atoms with E-state index >= 15 is 0 Å². The maximum absolute atomic E-state index is 11.9. The van der Waals surface area contributed by atoms with Gasteiger partial charge >= 0.3 is 6.18 Å². The first-order chi connectivity index (χ1) is 9.11. The van der Waals surface area contributed by atoms with Crippen LogP contribution in [0.2, 0.25) is 5.15 Å². The van der Waals surface area contributed by atoms with Crippen LogP contribution >= 0.6 is 11.6 Å². The van der Waals surface area contributed by atoms with Crippen molar-refractivity contribution in [2.75, 3.05) is 17.6 Å². The first-order valence-electron chi connectivity index (χ1n) is 5.27. The van der Waals surface area contributed by atoms with E-state index in [1.54, 1.807) is 0 Å². The molecular weight excluding hydrogens is 323 g/mol. The average molecular weight is 334 g/mol. The smallest absolute Gasteiger partial charge is 0.389 e. The number of methoxy groups -OCH3 is 1. The average Bonchev–Trinajstić information content (AvgIpc) is 2.24. The molecule has 20 heavy (non-hydrogen) atoms. The van der Waals surface area contributed by atoms with E-state index in [2.05, 4.69) is 9.97 Å². The zero-order chi connectivity index (χ0) is 15.4. The lowest BCUT2D eigenvalue weighted by Crippen LogP contribution is -2.20. The molecule has 0 aliphatic rings. The van der Waals surface area contributed by atoms with E-state index in [0.29, 0.717) is 0 Å². The highest BCUT2D eigenvalue weighted by atomic mass is 35.5. The van der Waals surface area contributed by atoms with Gasteiger partial charge in [0.1, 0.15) is 5.15 Å². The Hall–Kier alpha value is -1.29. The predicted molar refractivity (Wildman–Crippen MR) is 66.3 cm³/mol. The molecule has 6 nitrogen and oxygen atoms in total. The van der Waals surface area contributed by atoms with Crippen molar-refractivity contribution in [3.63, 3.8) is 0 Å². The molecule has 0 aliphatic heterocycles. The minimum atomic E-state index is -4.40. The van der Waals surface area contributed by atoms with Crippen molar-refractivity contribution in [1.29, 1.82) is 0 Å². The minimum Gasteiger partial charge on any atom is -0.481 e. The Bertz CT molecular complexity index is 565. The van der Waals surface area contributed by atoms with Gasteiger partial charge in [0.25, 0.3) is 0 Å². The summed E-state index contributed by atoms with van der Waals surface area (Å²) < 4.78 is 65.6. The summed E-state index contributed by atoms with van der Waals surface area (Å²) in [5.41, 5.74) is 0. The molecule has 0 unspecified atom stereocenters. The summed E-state index contributed by atoms with van der Waals surface area (Å²) in [6.07, 6.45) is -6.14. The fraction of sp³-hybridized carbons (Fsp3) is 0.556. The van der Waals surface area contributed by atoms with Crippen LogP contribution < -0.4 is 9.46 Å². The van der Waals surface area contributed by atoms with E-state index in [-0.39, 0.29) is 17.0 Å². The number of aromatic nitrogens is 2. The Morgan fingerprint density at radius 2 is 2.05 bits per heavy atom. The fourth-order valence-electron chi connectivity index (χ4n) is 1.20. The number of hydrogen-bond acceptors (Lipinski definition) is 5. The van der Waals surface area contributed by atoms with Crippen LogP contribution in [0.5, 0.6) is 5.88 Å². The fourth-order valence-corrected chi connectivity index (χ4v) is 2.37. The van der Waals surface area contributed by atoms with Crippen molar-refractivity contribution in [2.45, 2.75) is 19.0 Å². The van der Waals surface area contributed by atoms with Gasteiger partial charge in [0.15, 0.2) is 0 Å². The molecule has 0 radical (unpaired) electrons. The molecule has 1 aromatic heterocycles. The first kappa shape index (κ1) is 16.8. The zero-order valence-corrected chi connectivity index (χ0v) is 11.8. The van der Waals surface area contributed by atoms with Crippen LogP contribution in [0, 0.1) is 0 Å². The van der Waals surface area contributed by atoms with E-state index < -0.39 is 34.8 Å². The quantitative estimate of drug-likeness (QED) is 0.807. The Morgan fingerprint density at radius 3 is 2.60 bits per heavy atom. The summed E-state index contributed by atoms with van der Waals surface area (Å²) in [5.74, 6) is -1.04. The van der Waals surface area contributed by atoms with Gasteiger partial charge in [-0.1, -0.05) is 11.6 Å². The van der Waals surface area contributed by atoms with Crippen LogP contribution in [0.1, 0.15) is 12.8 Å². The molecule has 0 saturated heterocycles. The van der Waals surface area contributed by atoms with Gasteiger partial charge in [-0.3, -0.25) is 4.72 Å². The van der Waals surface area contributed by atoms with Gasteiger partial charge in [-0.2, -0.15) is 18.2 Å². The number of rotatable bonds is 6. The van der Waals surface area contributed by atoms with Crippen LogP contribution in [0.3, 0.4) is 0 Å². The zero-order valence-electron chi connectivity index (χ0n) is 10.2. The summed E-state index contributed by atoms with van der Waals surface area (Å²) in [6, 6.07) is 1.25. The van der Waals surface area contributed by atoms with Gasteiger partial charge in [0, 0.05) is 12.5 Å². The molecule has 0 amide bonds. The van der Waals surface area contributed by atoms with Crippen molar-refractivity contribution in [3.8, 4) is 5.88 Å². The molecule has 1 N–H and O–H groups in total. The van der Waals surface area contributed by atoms with Gasteiger partial charge in [0.05, 0.1) is 12.9 Å². The van der Waals surface area contributed by atoms with Crippen LogP contribution in [0.25, 0.3) is 0 Å². The molecule has 11 heteroatoms. The molecule has 1 heterocycles. The second kappa shape index (κ2) is 6.44. The molecular formula is C9H11ClF3N3O3S. The maximum Gasteiger partial charge on any atom is 0.389 e. The normalized spacial score (nSPS) is 12.2. The second-order valence-corrected chi connectivity index (χ2v) is 5.93.